The van der Waals surface area contributed by atoms with Gasteiger partial charge in [-0.05, 0) is 12.8 Å². The van der Waals surface area contributed by atoms with Gasteiger partial charge in [0.2, 0.25) is 0 Å². The third kappa shape index (κ3) is 0.846. The molecular weight excluding hydrogens is 114 g/mol. The zero-order valence-electron chi connectivity index (χ0n) is 5.13. The van der Waals surface area contributed by atoms with E-state index in [1.165, 1.54) is 12.8 Å². The first-order valence-corrected chi connectivity index (χ1v) is 3.15. The Morgan fingerprint density at radius 2 is 2.44 bits per heavy atom. The maximum atomic E-state index is 4.80. The Bertz CT molecular complexity index is 212. The Kier molecular flexibility index (Phi) is 0.891. The van der Waals surface area contributed by atoms with Crippen molar-refractivity contribution in [3.63, 3.8) is 0 Å². The van der Waals surface area contributed by atoms with Gasteiger partial charge < -0.3 is 4.52 Å². The Morgan fingerprint density at radius 3 is 2.89 bits per heavy atom. The second kappa shape index (κ2) is 1.59. The van der Waals surface area contributed by atoms with E-state index < -0.39 is 0 Å². The van der Waals surface area contributed by atoms with Crippen LogP contribution in [0.5, 0.6) is 0 Å². The van der Waals surface area contributed by atoms with E-state index in [0.29, 0.717) is 11.7 Å². The summed E-state index contributed by atoms with van der Waals surface area (Å²) >= 11 is 0. The Labute approximate surface area is 53.9 Å². The molecule has 0 amide bonds. The van der Waals surface area contributed by atoms with E-state index in [1.807, 2.05) is 6.07 Å². The molecule has 1 heterocycles. The van der Waals surface area contributed by atoms with E-state index in [-0.39, 0.29) is 0 Å². The molecule has 0 N–H and O–H groups in total. The number of aromatic nitrogens is 1. The fourth-order valence-corrected chi connectivity index (χ4v) is 0.900. The molecule has 0 saturated heterocycles. The highest BCUT2D eigenvalue weighted by molar-refractivity contribution is 5.16. The van der Waals surface area contributed by atoms with Crippen LogP contribution in [0.4, 0.5) is 0 Å². The Hall–Kier alpha value is -0.790. The molecule has 1 radical (unpaired) electrons. The molecule has 0 aliphatic heterocycles. The van der Waals surface area contributed by atoms with Crippen LogP contribution in [0, 0.1) is 6.92 Å². The van der Waals surface area contributed by atoms with Crippen LogP contribution in [0.3, 0.4) is 0 Å². The first-order valence-electron chi connectivity index (χ1n) is 3.15. The molecule has 1 fully saturated rings. The summed E-state index contributed by atoms with van der Waals surface area (Å²) in [6.07, 6.45) is 2.54. The fourth-order valence-electron chi connectivity index (χ4n) is 0.900. The van der Waals surface area contributed by atoms with Gasteiger partial charge in [-0.1, -0.05) is 5.16 Å². The van der Waals surface area contributed by atoms with Crippen LogP contribution in [0.25, 0.3) is 0 Å². The van der Waals surface area contributed by atoms with Crippen LogP contribution in [0.15, 0.2) is 10.6 Å². The maximum Gasteiger partial charge on any atom is 0.137 e. The van der Waals surface area contributed by atoms with Gasteiger partial charge in [-0.25, -0.2) is 0 Å². The van der Waals surface area contributed by atoms with E-state index in [0.717, 1.165) is 5.69 Å². The third-order valence-corrected chi connectivity index (χ3v) is 1.57. The van der Waals surface area contributed by atoms with Crippen molar-refractivity contribution in [2.24, 2.45) is 0 Å². The quantitative estimate of drug-likeness (QED) is 0.567. The van der Waals surface area contributed by atoms with Crippen LogP contribution in [0.1, 0.15) is 30.2 Å². The van der Waals surface area contributed by atoms with E-state index in [9.17, 15) is 0 Å². The normalized spacial score (nSPS) is 18.3. The molecule has 0 aromatic carbocycles. The van der Waals surface area contributed by atoms with Crippen LogP contribution in [-0.2, 0) is 0 Å². The molecule has 1 aliphatic carbocycles. The fraction of sp³-hybridized carbons (Fsp3) is 0.429. The van der Waals surface area contributed by atoms with E-state index in [4.69, 9.17) is 4.52 Å². The monoisotopic (exact) mass is 122 g/mol. The van der Waals surface area contributed by atoms with Gasteiger partial charge >= 0.3 is 0 Å². The van der Waals surface area contributed by atoms with Crippen molar-refractivity contribution in [1.82, 2.24) is 5.16 Å². The summed E-state index contributed by atoms with van der Waals surface area (Å²) in [5, 5.41) is 3.84. The summed E-state index contributed by atoms with van der Waals surface area (Å²) < 4.78 is 4.80. The molecule has 2 heteroatoms. The standard InChI is InChI=1S/C7H8NO/c1-5-4-7(8-9-5)6-2-3-6/h4,6H,1-3H2. The van der Waals surface area contributed by atoms with Gasteiger partial charge in [-0.15, -0.1) is 0 Å². The van der Waals surface area contributed by atoms with Crippen molar-refractivity contribution in [3.8, 4) is 0 Å². The van der Waals surface area contributed by atoms with Gasteiger partial charge in [0.15, 0.2) is 0 Å². The second-order valence-electron chi connectivity index (χ2n) is 2.49. The second-order valence-corrected chi connectivity index (χ2v) is 2.49. The lowest BCUT2D eigenvalue weighted by molar-refractivity contribution is 0.400. The largest absolute Gasteiger partial charge is 0.361 e. The average Bonchev–Trinajstić information content (AvgIpc) is 2.58. The van der Waals surface area contributed by atoms with Gasteiger partial charge in [0.05, 0.1) is 5.69 Å². The van der Waals surface area contributed by atoms with Crippen molar-refractivity contribution in [2.45, 2.75) is 18.8 Å². The lowest BCUT2D eigenvalue weighted by Crippen LogP contribution is -1.73. The zero-order chi connectivity index (χ0) is 6.27. The van der Waals surface area contributed by atoms with E-state index in [2.05, 4.69) is 12.1 Å². The van der Waals surface area contributed by atoms with E-state index in [1.54, 1.807) is 0 Å². The Balaban J connectivity index is 2.28. The predicted octanol–water partition coefficient (Wildman–Crippen LogP) is 1.73. The minimum absolute atomic E-state index is 0.678. The molecule has 47 valence electrons. The summed E-state index contributed by atoms with van der Waals surface area (Å²) in [4.78, 5) is 0. The maximum absolute atomic E-state index is 4.80. The minimum atomic E-state index is 0.678. The molecule has 9 heavy (non-hydrogen) atoms. The highest BCUT2D eigenvalue weighted by Crippen LogP contribution is 2.39. The van der Waals surface area contributed by atoms with E-state index >= 15 is 0 Å². The molecular formula is C7H8NO. The third-order valence-electron chi connectivity index (χ3n) is 1.57. The highest BCUT2D eigenvalue weighted by Gasteiger charge is 2.26. The lowest BCUT2D eigenvalue weighted by Gasteiger charge is -1.78. The van der Waals surface area contributed by atoms with Crippen LogP contribution in [-0.4, -0.2) is 5.16 Å². The summed E-state index contributed by atoms with van der Waals surface area (Å²) in [6.45, 7) is 3.62. The summed E-state index contributed by atoms with van der Waals surface area (Å²) in [7, 11) is 0. The molecule has 0 unspecified atom stereocenters. The van der Waals surface area contributed by atoms with Crippen molar-refractivity contribution >= 4 is 0 Å². The van der Waals surface area contributed by atoms with Crippen molar-refractivity contribution in [2.75, 3.05) is 0 Å². The molecule has 1 aromatic rings. The summed E-state index contributed by atoms with van der Waals surface area (Å²) in [5.41, 5.74) is 1.08. The molecule has 0 bridgehead atoms. The van der Waals surface area contributed by atoms with Crippen LogP contribution in [0.2, 0.25) is 0 Å². The zero-order valence-corrected chi connectivity index (χ0v) is 5.13. The summed E-state index contributed by atoms with van der Waals surface area (Å²) in [5.74, 6) is 1.36. The van der Waals surface area contributed by atoms with Gasteiger partial charge in [-0.2, -0.15) is 0 Å². The van der Waals surface area contributed by atoms with Crippen molar-refractivity contribution in [3.05, 3.63) is 24.4 Å². The summed E-state index contributed by atoms with van der Waals surface area (Å²) in [6, 6.07) is 1.91. The molecule has 2 nitrogen and oxygen atoms in total. The molecule has 0 atom stereocenters. The first-order chi connectivity index (χ1) is 4.36. The van der Waals surface area contributed by atoms with Gasteiger partial charge in [0.25, 0.3) is 0 Å². The smallest absolute Gasteiger partial charge is 0.137 e. The average molecular weight is 122 g/mol. The lowest BCUT2D eigenvalue weighted by atomic mass is 10.3. The van der Waals surface area contributed by atoms with Gasteiger partial charge in [-0.3, -0.25) is 0 Å². The Morgan fingerprint density at radius 1 is 1.67 bits per heavy atom. The molecule has 1 aromatic heterocycles. The van der Waals surface area contributed by atoms with Crippen LogP contribution >= 0.6 is 0 Å². The number of nitrogens with zero attached hydrogens (tertiary/aromatic N) is 1. The van der Waals surface area contributed by atoms with Gasteiger partial charge in [0.1, 0.15) is 5.76 Å². The molecule has 2 rings (SSSR count). The number of hydrogen-bond donors (Lipinski definition) is 0. The van der Waals surface area contributed by atoms with Gasteiger partial charge in [0, 0.05) is 18.9 Å². The molecule has 0 spiro atoms. The van der Waals surface area contributed by atoms with Crippen molar-refractivity contribution < 1.29 is 4.52 Å². The molecule has 1 aliphatic rings. The number of hydrogen-bond acceptors (Lipinski definition) is 2. The predicted molar refractivity (Wildman–Crippen MR) is 32.9 cm³/mol. The molecule has 1 saturated carbocycles. The topological polar surface area (TPSA) is 26.0 Å². The number of rotatable bonds is 1. The SMILES string of the molecule is [CH2]c1cc(C2CC2)no1. The van der Waals surface area contributed by atoms with Crippen LogP contribution < -0.4 is 0 Å². The highest BCUT2D eigenvalue weighted by atomic mass is 16.5. The van der Waals surface area contributed by atoms with Crippen molar-refractivity contribution in [1.29, 1.82) is 0 Å². The minimum Gasteiger partial charge on any atom is -0.361 e. The first kappa shape index (κ1) is 5.03.